The molecule has 150 valence electrons. The molecular weight excluding hydrogens is 418 g/mol. The number of rotatable bonds is 6. The van der Waals surface area contributed by atoms with Crippen LogP contribution in [0.2, 0.25) is 0 Å². The summed E-state index contributed by atoms with van der Waals surface area (Å²) < 4.78 is 32.6. The predicted octanol–water partition coefficient (Wildman–Crippen LogP) is 4.28. The molecule has 0 radical (unpaired) electrons. The molecule has 3 N–H and O–H groups in total. The number of sulfonamides is 1. The second-order valence-electron chi connectivity index (χ2n) is 5.90. The molecule has 0 saturated carbocycles. The molecule has 8 nitrogen and oxygen atoms in total. The van der Waals surface area contributed by atoms with E-state index in [1.807, 2.05) is 0 Å². The number of aryl methyl sites for hydroxylation is 1. The summed E-state index contributed by atoms with van der Waals surface area (Å²) in [5.74, 6) is -1.17. The van der Waals surface area contributed by atoms with Crippen molar-refractivity contribution < 1.29 is 33.0 Å². The number of carbonyl (C=O) groups is 2. The summed E-state index contributed by atoms with van der Waals surface area (Å²) in [5, 5.41) is 18.2. The molecule has 3 rings (SSSR count). The molecule has 3 aromatic rings. The van der Waals surface area contributed by atoms with Crippen molar-refractivity contribution in [2.75, 3.05) is 4.72 Å². The highest BCUT2D eigenvalue weighted by molar-refractivity contribution is 7.92. The zero-order valence-electron chi connectivity index (χ0n) is 14.9. The van der Waals surface area contributed by atoms with Crippen LogP contribution in [-0.2, 0) is 10.0 Å². The van der Waals surface area contributed by atoms with E-state index >= 15 is 0 Å². The van der Waals surface area contributed by atoms with Gasteiger partial charge < -0.3 is 14.9 Å². The summed E-state index contributed by atoms with van der Waals surface area (Å²) in [6.45, 7) is 1.63. The van der Waals surface area contributed by atoms with Crippen LogP contribution in [0.5, 0.6) is 5.06 Å². The van der Waals surface area contributed by atoms with Gasteiger partial charge >= 0.3 is 12.1 Å². The summed E-state index contributed by atoms with van der Waals surface area (Å²) in [6.07, 6.45) is -1.62. The minimum atomic E-state index is -4.03. The van der Waals surface area contributed by atoms with E-state index in [0.717, 1.165) is 11.3 Å². The van der Waals surface area contributed by atoms with Gasteiger partial charge in [-0.15, -0.1) is 0 Å². The van der Waals surface area contributed by atoms with Crippen LogP contribution in [0.3, 0.4) is 0 Å². The van der Waals surface area contributed by atoms with Crippen LogP contribution in [0.4, 0.5) is 10.5 Å². The number of thiophene rings is 1. The lowest BCUT2D eigenvalue weighted by Gasteiger charge is -2.10. The number of nitrogens with one attached hydrogen (secondary N) is 1. The Morgan fingerprint density at radius 3 is 2.34 bits per heavy atom. The summed E-state index contributed by atoms with van der Waals surface area (Å²) in [4.78, 5) is 22.9. The van der Waals surface area contributed by atoms with E-state index in [1.54, 1.807) is 43.3 Å². The largest absolute Gasteiger partial charge is 0.512 e. The standard InChI is InChI=1S/C19H15NO7S2/c1-11-6-2-5-9-16(11)29(25,26)20-14-10-15(28-18(14)27-19(23)24)12-7-3-4-8-13(12)17(21)22/h2-10,20H,1H3,(H,21,22)(H,23,24). The van der Waals surface area contributed by atoms with E-state index in [-0.39, 0.29) is 21.2 Å². The number of carboxylic acid groups (broad SMARTS) is 2. The SMILES string of the molecule is Cc1ccccc1S(=O)(=O)Nc1cc(-c2ccccc2C(=O)O)sc1OC(=O)O. The fraction of sp³-hybridized carbons (Fsp3) is 0.0526. The van der Waals surface area contributed by atoms with Crippen LogP contribution in [0.25, 0.3) is 10.4 Å². The van der Waals surface area contributed by atoms with E-state index in [4.69, 9.17) is 9.84 Å². The van der Waals surface area contributed by atoms with Gasteiger partial charge in [-0.25, -0.2) is 18.0 Å². The van der Waals surface area contributed by atoms with E-state index < -0.39 is 22.1 Å². The molecule has 0 aliphatic carbocycles. The number of anilines is 1. The average Bonchev–Trinajstić information content (AvgIpc) is 3.02. The number of aromatic carboxylic acids is 1. The molecule has 10 heteroatoms. The third kappa shape index (κ3) is 4.39. The van der Waals surface area contributed by atoms with Crippen LogP contribution in [0.1, 0.15) is 15.9 Å². The fourth-order valence-corrected chi connectivity index (χ4v) is 5.04. The molecule has 1 heterocycles. The lowest BCUT2D eigenvalue weighted by molar-refractivity contribution is 0.0697. The quantitative estimate of drug-likeness (QED) is 0.495. The monoisotopic (exact) mass is 433 g/mol. The molecule has 0 spiro atoms. The van der Waals surface area contributed by atoms with Crippen LogP contribution >= 0.6 is 11.3 Å². The van der Waals surface area contributed by atoms with Crippen LogP contribution < -0.4 is 9.46 Å². The normalized spacial score (nSPS) is 11.1. The van der Waals surface area contributed by atoms with Gasteiger partial charge in [0.2, 0.25) is 5.06 Å². The maximum Gasteiger partial charge on any atom is 0.512 e. The summed E-state index contributed by atoms with van der Waals surface area (Å²) in [6, 6.07) is 13.8. The first kappa shape index (κ1) is 20.4. The Balaban J connectivity index is 2.09. The van der Waals surface area contributed by atoms with Crippen LogP contribution in [0.15, 0.2) is 59.5 Å². The van der Waals surface area contributed by atoms with Crippen LogP contribution in [-0.4, -0.2) is 30.8 Å². The van der Waals surface area contributed by atoms with Gasteiger partial charge in [0.25, 0.3) is 10.0 Å². The Bertz CT molecular complexity index is 1200. The molecule has 0 saturated heterocycles. The van der Waals surface area contributed by atoms with Gasteiger partial charge in [-0.1, -0.05) is 47.7 Å². The van der Waals surface area contributed by atoms with Gasteiger partial charge in [0, 0.05) is 10.4 Å². The highest BCUT2D eigenvalue weighted by atomic mass is 32.2. The molecule has 0 atom stereocenters. The first-order chi connectivity index (χ1) is 13.7. The Hall–Kier alpha value is -3.37. The minimum Gasteiger partial charge on any atom is -0.478 e. The predicted molar refractivity (Wildman–Crippen MR) is 107 cm³/mol. The number of ether oxygens (including phenoxy) is 1. The van der Waals surface area contributed by atoms with Crippen molar-refractivity contribution in [3.63, 3.8) is 0 Å². The molecule has 0 fully saturated rings. The number of hydrogen-bond acceptors (Lipinski definition) is 6. The molecular formula is C19H15NO7S2. The Morgan fingerprint density at radius 1 is 1.03 bits per heavy atom. The van der Waals surface area contributed by atoms with Crippen molar-refractivity contribution in [3.05, 3.63) is 65.7 Å². The van der Waals surface area contributed by atoms with Crippen molar-refractivity contribution in [2.45, 2.75) is 11.8 Å². The summed E-state index contributed by atoms with van der Waals surface area (Å²) in [7, 11) is -4.03. The van der Waals surface area contributed by atoms with Crippen molar-refractivity contribution in [3.8, 4) is 15.5 Å². The topological polar surface area (TPSA) is 130 Å². The smallest absolute Gasteiger partial charge is 0.478 e. The molecule has 0 aliphatic heterocycles. The van der Waals surface area contributed by atoms with E-state index in [1.165, 1.54) is 18.2 Å². The zero-order valence-corrected chi connectivity index (χ0v) is 16.6. The molecule has 0 unspecified atom stereocenters. The summed E-state index contributed by atoms with van der Waals surface area (Å²) >= 11 is 0.819. The van der Waals surface area contributed by atoms with Gasteiger partial charge in [0.05, 0.1) is 10.5 Å². The molecule has 0 amide bonds. The maximum atomic E-state index is 12.8. The van der Waals surface area contributed by atoms with E-state index in [0.29, 0.717) is 16.0 Å². The first-order valence-electron chi connectivity index (χ1n) is 8.15. The van der Waals surface area contributed by atoms with Gasteiger partial charge in [0.15, 0.2) is 0 Å². The fourth-order valence-electron chi connectivity index (χ4n) is 2.68. The molecule has 1 aromatic heterocycles. The van der Waals surface area contributed by atoms with Gasteiger partial charge in [-0.05, 0) is 30.7 Å². The van der Waals surface area contributed by atoms with Crippen LogP contribution in [0, 0.1) is 6.92 Å². The number of hydrogen-bond donors (Lipinski definition) is 3. The highest BCUT2D eigenvalue weighted by Crippen LogP contribution is 2.43. The Morgan fingerprint density at radius 2 is 1.69 bits per heavy atom. The highest BCUT2D eigenvalue weighted by Gasteiger charge is 2.23. The van der Waals surface area contributed by atoms with Gasteiger partial charge in [-0.2, -0.15) is 0 Å². The van der Waals surface area contributed by atoms with E-state index in [2.05, 4.69) is 4.72 Å². The minimum absolute atomic E-state index is 0.0102. The Labute approximate surface area is 170 Å². The number of carboxylic acids is 1. The molecule has 0 bridgehead atoms. The van der Waals surface area contributed by atoms with Crippen molar-refractivity contribution in [1.29, 1.82) is 0 Å². The van der Waals surface area contributed by atoms with Crippen molar-refractivity contribution in [2.24, 2.45) is 0 Å². The van der Waals surface area contributed by atoms with Gasteiger partial charge in [0.1, 0.15) is 5.69 Å². The second-order valence-corrected chi connectivity index (χ2v) is 8.57. The summed E-state index contributed by atoms with van der Waals surface area (Å²) in [5.41, 5.74) is 0.703. The molecule has 2 aromatic carbocycles. The second kappa shape index (κ2) is 7.94. The van der Waals surface area contributed by atoms with Gasteiger partial charge in [-0.3, -0.25) is 4.72 Å². The Kier molecular flexibility index (Phi) is 5.57. The zero-order chi connectivity index (χ0) is 21.2. The third-order valence-electron chi connectivity index (χ3n) is 3.93. The molecule has 29 heavy (non-hydrogen) atoms. The molecule has 0 aliphatic rings. The maximum absolute atomic E-state index is 12.8. The lowest BCUT2D eigenvalue weighted by atomic mass is 10.1. The lowest BCUT2D eigenvalue weighted by Crippen LogP contribution is -2.15. The number of benzene rings is 2. The first-order valence-corrected chi connectivity index (χ1v) is 10.4. The van der Waals surface area contributed by atoms with E-state index in [9.17, 15) is 23.1 Å². The third-order valence-corrected chi connectivity index (χ3v) is 6.50. The van der Waals surface area contributed by atoms with Crippen molar-refractivity contribution in [1.82, 2.24) is 0 Å². The van der Waals surface area contributed by atoms with Crippen molar-refractivity contribution >= 4 is 39.2 Å². The average molecular weight is 433 g/mol.